The normalized spacial score (nSPS) is 15.5. The molecule has 0 fully saturated rings. The quantitative estimate of drug-likeness (QED) is 0.860. The highest BCUT2D eigenvalue weighted by atomic mass is 15.2. The van der Waals surface area contributed by atoms with Crippen molar-refractivity contribution >= 4 is 5.84 Å². The summed E-state index contributed by atoms with van der Waals surface area (Å²) in [6.45, 7) is 5.11. The van der Waals surface area contributed by atoms with Gasteiger partial charge in [0.25, 0.3) is 0 Å². The largest absolute Gasteiger partial charge is 0.345 e. The van der Waals surface area contributed by atoms with Crippen molar-refractivity contribution in [3.8, 4) is 0 Å². The topological polar surface area (TPSA) is 27.1 Å². The molecule has 0 aromatic heterocycles. The Bertz CT molecular complexity index is 613. The molecule has 0 aliphatic carbocycles. The van der Waals surface area contributed by atoms with Gasteiger partial charge in [-0.3, -0.25) is 5.41 Å². The summed E-state index contributed by atoms with van der Waals surface area (Å²) < 4.78 is 0. The molecule has 2 aromatic carbocycles. The molecule has 0 amide bonds. The molecule has 1 unspecified atom stereocenters. The Labute approximate surface area is 114 Å². The fourth-order valence-corrected chi connectivity index (χ4v) is 2.66. The number of fused-ring (bicyclic) bond motifs is 1. The first-order valence-corrected chi connectivity index (χ1v) is 6.67. The van der Waals surface area contributed by atoms with E-state index in [1.54, 1.807) is 0 Å². The summed E-state index contributed by atoms with van der Waals surface area (Å²) in [5, 5.41) is 8.34. The molecule has 0 bridgehead atoms. The van der Waals surface area contributed by atoms with Crippen LogP contribution in [0.15, 0.2) is 48.5 Å². The van der Waals surface area contributed by atoms with E-state index in [1.165, 1.54) is 16.7 Å². The molecule has 1 atom stereocenters. The van der Waals surface area contributed by atoms with Crippen molar-refractivity contribution in [2.24, 2.45) is 0 Å². The van der Waals surface area contributed by atoms with E-state index in [9.17, 15) is 0 Å². The number of rotatable bonds is 2. The summed E-state index contributed by atoms with van der Waals surface area (Å²) in [6.07, 6.45) is 0. The molecular weight excluding hydrogens is 232 g/mol. The first kappa shape index (κ1) is 12.0. The molecule has 0 saturated heterocycles. The maximum atomic E-state index is 8.34. The number of nitrogens with one attached hydrogen (secondary N) is 1. The highest BCUT2D eigenvalue weighted by Crippen LogP contribution is 2.30. The molecule has 96 valence electrons. The van der Waals surface area contributed by atoms with Gasteiger partial charge in [0.1, 0.15) is 5.84 Å². The second kappa shape index (κ2) is 4.54. The van der Waals surface area contributed by atoms with Gasteiger partial charge >= 0.3 is 0 Å². The van der Waals surface area contributed by atoms with Gasteiger partial charge < -0.3 is 4.90 Å². The van der Waals surface area contributed by atoms with E-state index < -0.39 is 0 Å². The van der Waals surface area contributed by atoms with Crippen LogP contribution >= 0.6 is 0 Å². The van der Waals surface area contributed by atoms with Crippen molar-refractivity contribution in [2.75, 3.05) is 0 Å². The fourth-order valence-electron chi connectivity index (χ4n) is 2.66. The minimum atomic E-state index is 0.237. The molecule has 0 radical (unpaired) electrons. The smallest absolute Gasteiger partial charge is 0.129 e. The highest BCUT2D eigenvalue weighted by Gasteiger charge is 2.27. The van der Waals surface area contributed by atoms with Gasteiger partial charge in [0.05, 0.1) is 6.04 Å². The Morgan fingerprint density at radius 2 is 1.74 bits per heavy atom. The van der Waals surface area contributed by atoms with E-state index in [2.05, 4.69) is 49.1 Å². The van der Waals surface area contributed by atoms with Crippen LogP contribution in [0.4, 0.5) is 0 Å². The zero-order valence-electron chi connectivity index (χ0n) is 11.4. The lowest BCUT2D eigenvalue weighted by Crippen LogP contribution is -2.27. The zero-order chi connectivity index (χ0) is 13.4. The van der Waals surface area contributed by atoms with Crippen LogP contribution in [0.25, 0.3) is 0 Å². The Morgan fingerprint density at radius 3 is 2.42 bits per heavy atom. The van der Waals surface area contributed by atoms with E-state index in [1.807, 2.05) is 18.2 Å². The van der Waals surface area contributed by atoms with Crippen LogP contribution in [0.1, 0.15) is 35.2 Å². The van der Waals surface area contributed by atoms with Crippen LogP contribution in [-0.4, -0.2) is 10.7 Å². The highest BCUT2D eigenvalue weighted by molar-refractivity contribution is 6.00. The third-order valence-corrected chi connectivity index (χ3v) is 3.93. The fraction of sp³-hybridized carbons (Fsp3) is 0.235. The lowest BCUT2D eigenvalue weighted by molar-refractivity contribution is 0.341. The van der Waals surface area contributed by atoms with Crippen molar-refractivity contribution in [1.29, 1.82) is 5.41 Å². The van der Waals surface area contributed by atoms with Gasteiger partial charge in [0.15, 0.2) is 0 Å². The van der Waals surface area contributed by atoms with Crippen LogP contribution in [0.5, 0.6) is 0 Å². The molecular formula is C17H18N2. The summed E-state index contributed by atoms with van der Waals surface area (Å²) in [6, 6.07) is 17.1. The molecule has 1 aliphatic heterocycles. The lowest BCUT2D eigenvalue weighted by Gasteiger charge is -2.26. The Balaban J connectivity index is 1.89. The van der Waals surface area contributed by atoms with Crippen molar-refractivity contribution in [1.82, 2.24) is 4.90 Å². The predicted molar refractivity (Wildman–Crippen MR) is 78.4 cm³/mol. The van der Waals surface area contributed by atoms with Gasteiger partial charge in [-0.25, -0.2) is 0 Å². The van der Waals surface area contributed by atoms with Gasteiger partial charge in [-0.05, 0) is 25.0 Å². The molecule has 0 saturated carbocycles. The number of benzene rings is 2. The number of aryl methyl sites for hydroxylation is 1. The van der Waals surface area contributed by atoms with Crippen LogP contribution < -0.4 is 0 Å². The maximum absolute atomic E-state index is 8.34. The third kappa shape index (κ3) is 2.03. The zero-order valence-corrected chi connectivity index (χ0v) is 11.4. The van der Waals surface area contributed by atoms with Gasteiger partial charge in [-0.1, -0.05) is 54.1 Å². The van der Waals surface area contributed by atoms with Crippen molar-refractivity contribution in [2.45, 2.75) is 26.4 Å². The number of nitrogens with zero attached hydrogens (tertiary/aromatic N) is 1. The Hall–Kier alpha value is -2.09. The molecule has 3 rings (SSSR count). The number of hydrogen-bond acceptors (Lipinski definition) is 1. The SMILES string of the molecule is Cc1ccc(C(C)N2Cc3ccccc3C2=N)cc1. The first-order valence-electron chi connectivity index (χ1n) is 6.67. The van der Waals surface area contributed by atoms with Gasteiger partial charge in [-0.15, -0.1) is 0 Å². The molecule has 2 heteroatoms. The van der Waals surface area contributed by atoms with Crippen molar-refractivity contribution in [3.05, 3.63) is 70.8 Å². The summed E-state index contributed by atoms with van der Waals surface area (Å²) in [7, 11) is 0. The van der Waals surface area contributed by atoms with E-state index in [0.29, 0.717) is 5.84 Å². The third-order valence-electron chi connectivity index (χ3n) is 3.93. The Morgan fingerprint density at radius 1 is 1.05 bits per heavy atom. The monoisotopic (exact) mass is 250 g/mol. The second-order valence-corrected chi connectivity index (χ2v) is 5.22. The number of amidine groups is 1. The summed E-state index contributed by atoms with van der Waals surface area (Å²) in [4.78, 5) is 2.16. The molecule has 19 heavy (non-hydrogen) atoms. The number of hydrogen-bond donors (Lipinski definition) is 1. The minimum absolute atomic E-state index is 0.237. The van der Waals surface area contributed by atoms with Crippen LogP contribution in [0.3, 0.4) is 0 Å². The van der Waals surface area contributed by atoms with E-state index in [0.717, 1.165) is 12.1 Å². The average Bonchev–Trinajstić information content (AvgIpc) is 2.77. The maximum Gasteiger partial charge on any atom is 0.129 e. The second-order valence-electron chi connectivity index (χ2n) is 5.22. The van der Waals surface area contributed by atoms with Crippen LogP contribution in [0.2, 0.25) is 0 Å². The molecule has 1 aliphatic rings. The molecule has 0 spiro atoms. The molecule has 2 aromatic rings. The standard InChI is InChI=1S/C17H18N2/c1-12-7-9-14(10-8-12)13(2)19-11-15-5-3-4-6-16(15)17(19)18/h3-10,13,18H,11H2,1-2H3. The van der Waals surface area contributed by atoms with Crippen LogP contribution in [0, 0.1) is 12.3 Å². The average molecular weight is 250 g/mol. The minimum Gasteiger partial charge on any atom is -0.345 e. The lowest BCUT2D eigenvalue weighted by atomic mass is 10.1. The summed E-state index contributed by atoms with van der Waals surface area (Å²) in [5.41, 5.74) is 4.87. The molecule has 1 heterocycles. The Kier molecular flexibility index (Phi) is 2.86. The van der Waals surface area contributed by atoms with Crippen LogP contribution in [-0.2, 0) is 6.54 Å². The molecule has 2 nitrogen and oxygen atoms in total. The van der Waals surface area contributed by atoms with E-state index >= 15 is 0 Å². The summed E-state index contributed by atoms with van der Waals surface area (Å²) in [5.74, 6) is 0.642. The van der Waals surface area contributed by atoms with Gasteiger partial charge in [-0.2, -0.15) is 0 Å². The van der Waals surface area contributed by atoms with Crippen molar-refractivity contribution < 1.29 is 0 Å². The molecule has 1 N–H and O–H groups in total. The van der Waals surface area contributed by atoms with E-state index in [4.69, 9.17) is 5.41 Å². The predicted octanol–water partition coefficient (Wildman–Crippen LogP) is 3.90. The van der Waals surface area contributed by atoms with Gasteiger partial charge in [0.2, 0.25) is 0 Å². The van der Waals surface area contributed by atoms with Gasteiger partial charge in [0, 0.05) is 12.1 Å². The first-order chi connectivity index (χ1) is 9.16. The summed E-state index contributed by atoms with van der Waals surface area (Å²) >= 11 is 0. The van der Waals surface area contributed by atoms with E-state index in [-0.39, 0.29) is 6.04 Å². The van der Waals surface area contributed by atoms with Crippen molar-refractivity contribution in [3.63, 3.8) is 0 Å².